The molecule has 0 bridgehead atoms. The highest BCUT2D eigenvalue weighted by Gasteiger charge is 2.20. The molecule has 2 aromatic carbocycles. The lowest BCUT2D eigenvalue weighted by Crippen LogP contribution is -2.15. The van der Waals surface area contributed by atoms with Crippen LogP contribution in [-0.4, -0.2) is 37.9 Å². The Balaban J connectivity index is 1.53. The molecular weight excluding hydrogens is 382 g/mol. The van der Waals surface area contributed by atoms with Crippen molar-refractivity contribution in [3.8, 4) is 11.6 Å². The molecule has 2 aromatic heterocycles. The van der Waals surface area contributed by atoms with Gasteiger partial charge in [0, 0.05) is 19.2 Å². The van der Waals surface area contributed by atoms with Crippen LogP contribution in [0.3, 0.4) is 0 Å². The van der Waals surface area contributed by atoms with Crippen molar-refractivity contribution in [3.05, 3.63) is 72.1 Å². The first-order chi connectivity index (χ1) is 14.6. The van der Waals surface area contributed by atoms with E-state index >= 15 is 0 Å². The molecule has 0 fully saturated rings. The molecule has 0 atom stereocenters. The number of para-hydroxylation sites is 1. The molecular formula is C21H19N7O2. The van der Waals surface area contributed by atoms with Crippen LogP contribution in [0, 0.1) is 0 Å². The third-order valence-electron chi connectivity index (χ3n) is 4.43. The Morgan fingerprint density at radius 2 is 1.63 bits per heavy atom. The molecule has 0 unspecified atom stereocenters. The first-order valence-electron chi connectivity index (χ1n) is 9.31. The van der Waals surface area contributed by atoms with Gasteiger partial charge in [0.1, 0.15) is 0 Å². The average Bonchev–Trinajstić information content (AvgIpc) is 3.28. The van der Waals surface area contributed by atoms with Gasteiger partial charge in [0.05, 0.1) is 0 Å². The number of nitrogens with two attached hydrogens (primary N) is 1. The minimum atomic E-state index is -0.249. The van der Waals surface area contributed by atoms with E-state index in [9.17, 15) is 4.79 Å². The third kappa shape index (κ3) is 4.30. The lowest BCUT2D eigenvalue weighted by Gasteiger charge is -2.17. The van der Waals surface area contributed by atoms with Gasteiger partial charge in [0.2, 0.25) is 29.3 Å². The predicted octanol–water partition coefficient (Wildman–Crippen LogP) is 3.09. The van der Waals surface area contributed by atoms with Crippen LogP contribution in [0.1, 0.15) is 22.7 Å². The van der Waals surface area contributed by atoms with E-state index in [1.165, 1.54) is 0 Å². The maximum Gasteiger partial charge on any atom is 0.294 e. The quantitative estimate of drug-likeness (QED) is 0.465. The number of benzene rings is 2. The number of aryl methyl sites for hydroxylation is 1. The molecule has 0 spiro atoms. The zero-order valence-corrected chi connectivity index (χ0v) is 16.3. The van der Waals surface area contributed by atoms with Gasteiger partial charge in [-0.2, -0.15) is 19.9 Å². The standard InChI is InChI=1S/C21H19N7O2/c1-28(15-10-6-3-7-11-15)21-25-17(24-20(22)26-21)18-23-19(30-27-18)16(29)13-12-14-8-4-2-5-9-14/h2-11H,12-13H2,1H3,(H2,22,24,25,26). The highest BCUT2D eigenvalue weighted by molar-refractivity contribution is 5.92. The van der Waals surface area contributed by atoms with Gasteiger partial charge in [-0.05, 0) is 24.1 Å². The van der Waals surface area contributed by atoms with E-state index in [1.807, 2.05) is 67.7 Å². The van der Waals surface area contributed by atoms with Crippen LogP contribution in [0.25, 0.3) is 11.6 Å². The van der Waals surface area contributed by atoms with Gasteiger partial charge >= 0.3 is 0 Å². The van der Waals surface area contributed by atoms with Crippen LogP contribution in [0.5, 0.6) is 0 Å². The molecule has 0 amide bonds. The first-order valence-corrected chi connectivity index (χ1v) is 9.31. The lowest BCUT2D eigenvalue weighted by atomic mass is 10.1. The number of nitrogens with zero attached hydrogens (tertiary/aromatic N) is 6. The minimum absolute atomic E-state index is 0.0135. The van der Waals surface area contributed by atoms with Crippen molar-refractivity contribution < 1.29 is 9.32 Å². The Labute approximate surface area is 172 Å². The zero-order chi connectivity index (χ0) is 20.9. The van der Waals surface area contributed by atoms with E-state index in [-0.39, 0.29) is 35.7 Å². The molecule has 4 aromatic rings. The second-order valence-corrected chi connectivity index (χ2v) is 6.54. The molecule has 0 saturated heterocycles. The van der Waals surface area contributed by atoms with E-state index in [1.54, 1.807) is 4.90 Å². The van der Waals surface area contributed by atoms with Crippen molar-refractivity contribution in [1.29, 1.82) is 0 Å². The summed E-state index contributed by atoms with van der Waals surface area (Å²) in [6.45, 7) is 0. The SMILES string of the molecule is CN(c1ccccc1)c1nc(N)nc(-c2noc(C(=O)CCc3ccccc3)n2)n1. The van der Waals surface area contributed by atoms with Crippen molar-refractivity contribution in [2.45, 2.75) is 12.8 Å². The predicted molar refractivity (Wildman–Crippen MR) is 111 cm³/mol. The first kappa shape index (κ1) is 19.2. The monoisotopic (exact) mass is 401 g/mol. The van der Waals surface area contributed by atoms with Gasteiger partial charge in [-0.3, -0.25) is 4.79 Å². The summed E-state index contributed by atoms with van der Waals surface area (Å²) in [5.74, 6) is 0.213. The van der Waals surface area contributed by atoms with Crippen LogP contribution in [0.15, 0.2) is 65.2 Å². The van der Waals surface area contributed by atoms with E-state index in [4.69, 9.17) is 10.3 Å². The summed E-state index contributed by atoms with van der Waals surface area (Å²) in [5.41, 5.74) is 7.78. The Hall–Kier alpha value is -4.14. The zero-order valence-electron chi connectivity index (χ0n) is 16.3. The molecule has 2 N–H and O–H groups in total. The summed E-state index contributed by atoms with van der Waals surface area (Å²) in [5, 5.41) is 3.84. The van der Waals surface area contributed by atoms with E-state index in [0.29, 0.717) is 12.4 Å². The summed E-state index contributed by atoms with van der Waals surface area (Å²) in [7, 11) is 1.81. The van der Waals surface area contributed by atoms with Gasteiger partial charge < -0.3 is 15.2 Å². The number of aromatic nitrogens is 5. The third-order valence-corrected chi connectivity index (χ3v) is 4.43. The molecule has 150 valence electrons. The minimum Gasteiger partial charge on any atom is -0.368 e. The van der Waals surface area contributed by atoms with Crippen molar-refractivity contribution in [3.63, 3.8) is 0 Å². The molecule has 4 rings (SSSR count). The number of ketones is 1. The fraction of sp³-hybridized carbons (Fsp3) is 0.143. The lowest BCUT2D eigenvalue weighted by molar-refractivity contribution is 0.0940. The second-order valence-electron chi connectivity index (χ2n) is 6.54. The molecule has 9 nitrogen and oxygen atoms in total. The van der Waals surface area contributed by atoms with Gasteiger partial charge in [-0.1, -0.05) is 53.7 Å². The van der Waals surface area contributed by atoms with Gasteiger partial charge in [-0.25, -0.2) is 0 Å². The van der Waals surface area contributed by atoms with Crippen LogP contribution in [0.2, 0.25) is 0 Å². The topological polar surface area (TPSA) is 124 Å². The number of nitrogen functional groups attached to an aromatic ring is 1. The van der Waals surface area contributed by atoms with Gasteiger partial charge in [0.15, 0.2) is 0 Å². The molecule has 0 saturated carbocycles. The van der Waals surface area contributed by atoms with E-state index in [0.717, 1.165) is 11.3 Å². The fourth-order valence-electron chi connectivity index (χ4n) is 2.83. The number of rotatable bonds is 7. The van der Waals surface area contributed by atoms with Gasteiger partial charge in [0.25, 0.3) is 5.89 Å². The molecule has 0 aliphatic heterocycles. The number of Topliss-reactive ketones (excluding diaryl/α,β-unsaturated/α-hetero) is 1. The second kappa shape index (κ2) is 8.48. The Kier molecular flexibility index (Phi) is 5.42. The molecule has 30 heavy (non-hydrogen) atoms. The highest BCUT2D eigenvalue weighted by atomic mass is 16.5. The normalized spacial score (nSPS) is 10.7. The Morgan fingerprint density at radius 1 is 0.933 bits per heavy atom. The van der Waals surface area contributed by atoms with Crippen LogP contribution < -0.4 is 10.6 Å². The van der Waals surface area contributed by atoms with Gasteiger partial charge in [-0.15, -0.1) is 0 Å². The molecule has 9 heteroatoms. The Bertz CT molecular complexity index is 1150. The number of hydrogen-bond acceptors (Lipinski definition) is 9. The summed E-state index contributed by atoms with van der Waals surface area (Å²) >= 11 is 0. The number of anilines is 3. The maximum absolute atomic E-state index is 12.4. The van der Waals surface area contributed by atoms with E-state index in [2.05, 4.69) is 25.1 Å². The van der Waals surface area contributed by atoms with Crippen LogP contribution >= 0.6 is 0 Å². The van der Waals surface area contributed by atoms with Crippen molar-refractivity contribution in [1.82, 2.24) is 25.1 Å². The van der Waals surface area contributed by atoms with Crippen molar-refractivity contribution >= 4 is 23.4 Å². The van der Waals surface area contributed by atoms with Crippen molar-refractivity contribution in [2.24, 2.45) is 0 Å². The summed E-state index contributed by atoms with van der Waals surface area (Å²) < 4.78 is 5.13. The molecule has 0 aliphatic rings. The fourth-order valence-corrected chi connectivity index (χ4v) is 2.83. The highest BCUT2D eigenvalue weighted by Crippen LogP contribution is 2.22. The van der Waals surface area contributed by atoms with Crippen LogP contribution in [-0.2, 0) is 6.42 Å². The summed E-state index contributed by atoms with van der Waals surface area (Å²) in [6.07, 6.45) is 0.842. The molecule has 0 radical (unpaired) electrons. The smallest absolute Gasteiger partial charge is 0.294 e. The van der Waals surface area contributed by atoms with Crippen molar-refractivity contribution in [2.75, 3.05) is 17.7 Å². The number of carbonyl (C=O) groups excluding carboxylic acids is 1. The van der Waals surface area contributed by atoms with E-state index < -0.39 is 0 Å². The number of carbonyl (C=O) groups is 1. The maximum atomic E-state index is 12.4. The molecule has 0 aliphatic carbocycles. The molecule has 2 heterocycles. The summed E-state index contributed by atoms with van der Waals surface area (Å²) in [6, 6.07) is 19.3. The van der Waals surface area contributed by atoms with Crippen LogP contribution in [0.4, 0.5) is 17.6 Å². The Morgan fingerprint density at radius 3 is 2.37 bits per heavy atom. The largest absolute Gasteiger partial charge is 0.368 e. The average molecular weight is 401 g/mol. The summed E-state index contributed by atoms with van der Waals surface area (Å²) in [4.78, 5) is 30.9. The number of hydrogen-bond donors (Lipinski definition) is 1.